The minimum Gasteiger partial charge on any atom is -0.477 e. The molecule has 30 heavy (non-hydrogen) atoms. The number of halogens is 1. The number of alkyl halides is 1. The molecule has 4 heterocycles. The van der Waals surface area contributed by atoms with Gasteiger partial charge in [-0.25, -0.2) is 4.39 Å². The van der Waals surface area contributed by atoms with E-state index in [1.54, 1.807) is 13.1 Å². The van der Waals surface area contributed by atoms with Crippen LogP contribution in [-0.4, -0.2) is 76.7 Å². The number of hydrogen-bond donors (Lipinski definition) is 3. The van der Waals surface area contributed by atoms with Crippen LogP contribution in [0, 0.1) is 0 Å². The molecule has 0 radical (unpaired) electrons. The predicted molar refractivity (Wildman–Crippen MR) is 114 cm³/mol. The number of piperidine rings is 1. The van der Waals surface area contributed by atoms with Crippen molar-refractivity contribution in [2.45, 2.75) is 38.5 Å². The van der Waals surface area contributed by atoms with Crippen LogP contribution in [-0.2, 0) is 4.74 Å². The van der Waals surface area contributed by atoms with Crippen LogP contribution in [0.15, 0.2) is 29.2 Å². The van der Waals surface area contributed by atoms with Crippen molar-refractivity contribution < 1.29 is 13.9 Å². The van der Waals surface area contributed by atoms with Crippen LogP contribution in [0.2, 0.25) is 0 Å². The number of H-pyrrole nitrogens is 1. The fourth-order valence-electron chi connectivity index (χ4n) is 3.73. The molecule has 2 unspecified atom stereocenters. The molecule has 9 nitrogen and oxygen atoms in total. The molecule has 0 spiro atoms. The largest absolute Gasteiger partial charge is 0.477 e. The van der Waals surface area contributed by atoms with Crippen LogP contribution in [0.1, 0.15) is 20.3 Å². The SMILES string of the molecule is CCOc1nc(NC(=CN)C(C)=NC2CCN(C3COC3)CC2F)nc2[nH]ccc12. The molecule has 4 N–H and O–H groups in total. The highest BCUT2D eigenvalue weighted by Crippen LogP contribution is 2.25. The van der Waals surface area contributed by atoms with Crippen molar-refractivity contribution in [3.05, 3.63) is 24.2 Å². The summed E-state index contributed by atoms with van der Waals surface area (Å²) < 4.78 is 25.6. The van der Waals surface area contributed by atoms with E-state index in [4.69, 9.17) is 15.2 Å². The zero-order valence-electron chi connectivity index (χ0n) is 17.3. The number of likely N-dealkylation sites (tertiary alicyclic amines) is 1. The monoisotopic (exact) mass is 417 g/mol. The lowest BCUT2D eigenvalue weighted by atomic mass is 10.0. The molecule has 2 fully saturated rings. The molecule has 0 aliphatic carbocycles. The highest BCUT2D eigenvalue weighted by Gasteiger charge is 2.35. The lowest BCUT2D eigenvalue weighted by Crippen LogP contribution is -2.55. The van der Waals surface area contributed by atoms with Crippen LogP contribution in [0.5, 0.6) is 5.88 Å². The first-order valence-corrected chi connectivity index (χ1v) is 10.3. The summed E-state index contributed by atoms with van der Waals surface area (Å²) in [5.41, 5.74) is 7.62. The van der Waals surface area contributed by atoms with Crippen LogP contribution in [0.4, 0.5) is 10.3 Å². The molecule has 0 aromatic carbocycles. The minimum atomic E-state index is -1.02. The second-order valence-corrected chi connectivity index (χ2v) is 7.50. The van der Waals surface area contributed by atoms with Gasteiger partial charge in [0, 0.05) is 25.5 Å². The van der Waals surface area contributed by atoms with E-state index in [2.05, 4.69) is 30.2 Å². The Morgan fingerprint density at radius 3 is 3.00 bits per heavy atom. The van der Waals surface area contributed by atoms with E-state index in [1.165, 1.54) is 6.20 Å². The van der Waals surface area contributed by atoms with Gasteiger partial charge in [-0.3, -0.25) is 9.89 Å². The fraction of sp³-hybridized carbons (Fsp3) is 0.550. The molecule has 4 rings (SSSR count). The van der Waals surface area contributed by atoms with Crippen molar-refractivity contribution in [1.29, 1.82) is 0 Å². The standard InChI is InChI=1S/C20H28FN7O2/c1-3-30-19-14-4-6-23-18(14)26-20(27-19)25-17(8-22)12(2)24-16-5-7-28(9-15(16)21)13-10-29-11-13/h4,6,8,13,15-16H,3,5,7,9-11,22H2,1-2H3,(H2,23,25,26,27). The summed E-state index contributed by atoms with van der Waals surface area (Å²) in [6.45, 7) is 6.77. The Bertz CT molecular complexity index is 940. The summed E-state index contributed by atoms with van der Waals surface area (Å²) in [5.74, 6) is 0.810. The molecular formula is C20H28FN7O2. The zero-order valence-corrected chi connectivity index (χ0v) is 17.3. The first kappa shape index (κ1) is 20.5. The molecule has 2 aliphatic rings. The van der Waals surface area contributed by atoms with Crippen LogP contribution < -0.4 is 15.8 Å². The van der Waals surface area contributed by atoms with E-state index < -0.39 is 12.2 Å². The number of nitrogens with one attached hydrogen (secondary N) is 2. The first-order chi connectivity index (χ1) is 14.6. The van der Waals surface area contributed by atoms with Crippen molar-refractivity contribution in [2.75, 3.05) is 38.2 Å². The number of hydrogen-bond acceptors (Lipinski definition) is 8. The third-order valence-corrected chi connectivity index (χ3v) is 5.50. The number of allylic oxidation sites excluding steroid dienone is 1. The van der Waals surface area contributed by atoms with Gasteiger partial charge >= 0.3 is 0 Å². The van der Waals surface area contributed by atoms with E-state index >= 15 is 0 Å². The lowest BCUT2D eigenvalue weighted by molar-refractivity contribution is -0.0801. The Labute approximate surface area is 174 Å². The summed E-state index contributed by atoms with van der Waals surface area (Å²) in [5, 5.41) is 3.89. The molecule has 2 aromatic rings. The maximum absolute atomic E-state index is 14.7. The van der Waals surface area contributed by atoms with E-state index in [0.717, 1.165) is 11.9 Å². The number of fused-ring (bicyclic) bond motifs is 1. The maximum atomic E-state index is 14.7. The van der Waals surface area contributed by atoms with Gasteiger partial charge in [-0.1, -0.05) is 0 Å². The number of aromatic amines is 1. The maximum Gasteiger partial charge on any atom is 0.232 e. The third kappa shape index (κ3) is 4.24. The Morgan fingerprint density at radius 2 is 2.33 bits per heavy atom. The lowest BCUT2D eigenvalue weighted by Gasteiger charge is -2.42. The van der Waals surface area contributed by atoms with Gasteiger partial charge in [-0.05, 0) is 26.3 Å². The summed E-state index contributed by atoms with van der Waals surface area (Å²) in [6.07, 6.45) is 2.81. The number of aromatic nitrogens is 3. The number of nitrogens with zero attached hydrogens (tertiary/aromatic N) is 4. The number of ether oxygens (including phenoxy) is 2. The average Bonchev–Trinajstić information content (AvgIpc) is 3.16. The molecule has 0 amide bonds. The molecule has 2 saturated heterocycles. The minimum absolute atomic E-state index is 0.330. The highest BCUT2D eigenvalue weighted by molar-refractivity contribution is 6.00. The second kappa shape index (κ2) is 8.97. The quantitative estimate of drug-likeness (QED) is 0.589. The average molecular weight is 417 g/mol. The van der Waals surface area contributed by atoms with E-state index in [-0.39, 0.29) is 0 Å². The van der Waals surface area contributed by atoms with Gasteiger partial charge in [0.15, 0.2) is 0 Å². The Hall–Kier alpha value is -2.72. The Morgan fingerprint density at radius 1 is 1.50 bits per heavy atom. The van der Waals surface area contributed by atoms with Crippen molar-refractivity contribution in [2.24, 2.45) is 10.7 Å². The van der Waals surface area contributed by atoms with Crippen LogP contribution in [0.3, 0.4) is 0 Å². The van der Waals surface area contributed by atoms with Gasteiger partial charge in [0.2, 0.25) is 11.8 Å². The van der Waals surface area contributed by atoms with E-state index in [0.29, 0.717) is 67.7 Å². The van der Waals surface area contributed by atoms with Crippen molar-refractivity contribution in [3.63, 3.8) is 0 Å². The number of anilines is 1. The summed E-state index contributed by atoms with van der Waals surface area (Å²) in [6, 6.07) is 1.81. The smallest absolute Gasteiger partial charge is 0.232 e. The van der Waals surface area contributed by atoms with E-state index in [1.807, 2.05) is 13.0 Å². The molecule has 10 heteroatoms. The normalized spacial score (nSPS) is 24.1. The highest BCUT2D eigenvalue weighted by atomic mass is 19.1. The van der Waals surface area contributed by atoms with Gasteiger partial charge < -0.3 is 25.5 Å². The predicted octanol–water partition coefficient (Wildman–Crippen LogP) is 1.84. The van der Waals surface area contributed by atoms with Gasteiger partial charge in [0.05, 0.1) is 48.7 Å². The molecule has 162 valence electrons. The summed E-state index contributed by atoms with van der Waals surface area (Å²) in [4.78, 5) is 18.7. The van der Waals surface area contributed by atoms with Gasteiger partial charge in [0.1, 0.15) is 11.8 Å². The Kier molecular flexibility index (Phi) is 6.14. The van der Waals surface area contributed by atoms with Crippen molar-refractivity contribution in [1.82, 2.24) is 19.9 Å². The van der Waals surface area contributed by atoms with Gasteiger partial charge in [-0.15, -0.1) is 0 Å². The zero-order chi connectivity index (χ0) is 21.1. The third-order valence-electron chi connectivity index (χ3n) is 5.50. The summed E-state index contributed by atoms with van der Waals surface area (Å²) >= 11 is 0. The van der Waals surface area contributed by atoms with Gasteiger partial charge in [-0.2, -0.15) is 9.97 Å². The molecule has 2 aliphatic heterocycles. The molecular weight excluding hydrogens is 389 g/mol. The number of aliphatic imine (C=N–C) groups is 1. The fourth-order valence-corrected chi connectivity index (χ4v) is 3.73. The first-order valence-electron chi connectivity index (χ1n) is 10.3. The van der Waals surface area contributed by atoms with Crippen molar-refractivity contribution in [3.8, 4) is 5.88 Å². The van der Waals surface area contributed by atoms with Crippen LogP contribution in [0.25, 0.3) is 11.0 Å². The van der Waals surface area contributed by atoms with Crippen molar-refractivity contribution >= 4 is 22.7 Å². The van der Waals surface area contributed by atoms with E-state index in [9.17, 15) is 4.39 Å². The molecule has 0 saturated carbocycles. The molecule has 0 bridgehead atoms. The number of nitrogens with two attached hydrogens (primary N) is 1. The van der Waals surface area contributed by atoms with Gasteiger partial charge in [0.25, 0.3) is 0 Å². The molecule has 2 atom stereocenters. The Balaban J connectivity index is 1.46. The number of rotatable bonds is 7. The molecule has 2 aromatic heterocycles. The summed E-state index contributed by atoms with van der Waals surface area (Å²) in [7, 11) is 0. The topological polar surface area (TPSA) is 114 Å². The van der Waals surface area contributed by atoms with Crippen LogP contribution >= 0.6 is 0 Å². The second-order valence-electron chi connectivity index (χ2n) is 7.50.